The van der Waals surface area contributed by atoms with Crippen molar-refractivity contribution in [3.8, 4) is 0 Å². The first kappa shape index (κ1) is 29.2. The molecule has 0 aromatic carbocycles. The molecule has 1 aliphatic heterocycles. The Morgan fingerprint density at radius 1 is 0.769 bits per heavy atom. The molecule has 0 saturated heterocycles. The van der Waals surface area contributed by atoms with Crippen LogP contribution in [-0.4, -0.2) is 46.1 Å². The number of nitrogens with one attached hydrogen (secondary N) is 1. The summed E-state index contributed by atoms with van der Waals surface area (Å²) in [6, 6.07) is 0. The number of rotatable bonds is 11. The third-order valence-corrected chi connectivity index (χ3v) is 7.87. The van der Waals surface area contributed by atoms with Crippen molar-refractivity contribution in [2.75, 3.05) is 0 Å². The van der Waals surface area contributed by atoms with Gasteiger partial charge in [0.05, 0.1) is 11.4 Å². The number of fused-ring (bicyclic) bond motifs is 2. The highest BCUT2D eigenvalue weighted by Crippen LogP contribution is 2.38. The summed E-state index contributed by atoms with van der Waals surface area (Å²) in [6.07, 6.45) is 8.90. The number of hydrogen-bond acceptors (Lipinski definition) is 6. The van der Waals surface area contributed by atoms with Crippen molar-refractivity contribution >= 4 is 22.8 Å². The van der Waals surface area contributed by atoms with Crippen LogP contribution < -0.4 is 0 Å². The lowest BCUT2D eigenvalue weighted by atomic mass is 9.87. The molecule has 4 rings (SSSR count). The van der Waals surface area contributed by atoms with Crippen LogP contribution in [0.15, 0.2) is 10.1 Å². The molecule has 2 atom stereocenters. The van der Waals surface area contributed by atoms with Gasteiger partial charge in [-0.05, 0) is 25.7 Å². The van der Waals surface area contributed by atoms with Crippen molar-refractivity contribution < 1.29 is 0 Å². The van der Waals surface area contributed by atoms with E-state index in [-0.39, 0.29) is 10.8 Å². The van der Waals surface area contributed by atoms with Gasteiger partial charge in [-0.25, -0.2) is 9.51 Å². The van der Waals surface area contributed by atoms with Crippen LogP contribution in [0.2, 0.25) is 0 Å². The van der Waals surface area contributed by atoms with Gasteiger partial charge in [0.1, 0.15) is 11.4 Å². The Bertz CT molecular complexity index is 1340. The van der Waals surface area contributed by atoms with Crippen LogP contribution in [0, 0.1) is 5.41 Å². The zero-order valence-corrected chi connectivity index (χ0v) is 25.9. The van der Waals surface area contributed by atoms with E-state index in [1.54, 1.807) is 0 Å². The van der Waals surface area contributed by atoms with Gasteiger partial charge in [-0.3, -0.25) is 5.10 Å². The van der Waals surface area contributed by atoms with E-state index in [2.05, 4.69) is 99.2 Å². The third kappa shape index (κ3) is 5.59. The van der Waals surface area contributed by atoms with Gasteiger partial charge in [0.15, 0.2) is 11.6 Å². The second-order valence-corrected chi connectivity index (χ2v) is 13.2. The summed E-state index contributed by atoms with van der Waals surface area (Å²) in [5.74, 6) is 3.33. The lowest BCUT2D eigenvalue weighted by molar-refractivity contribution is 0.521. The van der Waals surface area contributed by atoms with Gasteiger partial charge in [0.2, 0.25) is 11.5 Å². The zero-order chi connectivity index (χ0) is 28.5. The molecule has 0 aliphatic carbocycles. The third-order valence-electron chi connectivity index (χ3n) is 7.87. The molecule has 0 fully saturated rings. The Morgan fingerprint density at radius 3 is 1.90 bits per heavy atom. The fraction of sp³-hybridized carbons (Fsp3) is 0.733. The first-order chi connectivity index (χ1) is 18.5. The highest BCUT2D eigenvalue weighted by atomic mass is 15.5. The van der Waals surface area contributed by atoms with E-state index in [1.807, 2.05) is 4.68 Å². The number of hydrogen-bond donors (Lipinski definition) is 1. The molecule has 0 bridgehead atoms. The molecule has 3 aromatic heterocycles. The molecule has 0 spiro atoms. The molecule has 214 valence electrons. The SMILES string of the molecule is CCCCC(CC)c1nnc2n1N=C(C(C)(C)C)C2=Nc1c(C(C)(C)C)[nH]n2c(C(CC)CCCC)nnc12. The van der Waals surface area contributed by atoms with Crippen molar-refractivity contribution in [2.45, 2.75) is 138 Å². The summed E-state index contributed by atoms with van der Waals surface area (Å²) < 4.78 is 4.03. The summed E-state index contributed by atoms with van der Waals surface area (Å²) in [5, 5.41) is 27.4. The van der Waals surface area contributed by atoms with Gasteiger partial charge in [0.25, 0.3) is 0 Å². The van der Waals surface area contributed by atoms with Crippen molar-refractivity contribution in [3.63, 3.8) is 0 Å². The second kappa shape index (κ2) is 11.3. The van der Waals surface area contributed by atoms with E-state index < -0.39 is 0 Å². The molecule has 9 nitrogen and oxygen atoms in total. The summed E-state index contributed by atoms with van der Waals surface area (Å²) >= 11 is 0. The number of unbranched alkanes of at least 4 members (excludes halogenated alkanes) is 2. The Morgan fingerprint density at radius 2 is 1.36 bits per heavy atom. The maximum atomic E-state index is 5.33. The lowest BCUT2D eigenvalue weighted by Gasteiger charge is -2.19. The van der Waals surface area contributed by atoms with Gasteiger partial charge in [-0.15, -0.1) is 20.4 Å². The molecule has 0 radical (unpaired) electrons. The van der Waals surface area contributed by atoms with E-state index in [4.69, 9.17) is 10.1 Å². The first-order valence-corrected chi connectivity index (χ1v) is 15.1. The molecule has 2 unspecified atom stereocenters. The molecule has 3 aromatic rings. The van der Waals surface area contributed by atoms with Gasteiger partial charge in [0, 0.05) is 22.7 Å². The van der Waals surface area contributed by atoms with Crippen molar-refractivity contribution in [3.05, 3.63) is 23.2 Å². The lowest BCUT2D eigenvalue weighted by Crippen LogP contribution is -2.27. The van der Waals surface area contributed by atoms with Crippen LogP contribution in [-0.2, 0) is 5.41 Å². The largest absolute Gasteiger partial charge is 0.292 e. The van der Waals surface area contributed by atoms with Gasteiger partial charge < -0.3 is 0 Å². The van der Waals surface area contributed by atoms with Crippen LogP contribution >= 0.6 is 0 Å². The number of aromatic amines is 1. The molecule has 0 saturated carbocycles. The summed E-state index contributed by atoms with van der Waals surface area (Å²) in [4.78, 5) is 5.33. The van der Waals surface area contributed by atoms with Crippen molar-refractivity contribution in [1.82, 2.24) is 34.7 Å². The Kier molecular flexibility index (Phi) is 8.47. The maximum absolute atomic E-state index is 5.33. The predicted octanol–water partition coefficient (Wildman–Crippen LogP) is 7.70. The number of aromatic nitrogens is 7. The number of H-pyrrole nitrogens is 1. The van der Waals surface area contributed by atoms with Crippen LogP contribution in [0.25, 0.3) is 5.65 Å². The molecule has 4 heterocycles. The highest BCUT2D eigenvalue weighted by Gasteiger charge is 2.37. The monoisotopic (exact) mass is 535 g/mol. The first-order valence-electron chi connectivity index (χ1n) is 15.1. The van der Waals surface area contributed by atoms with Crippen LogP contribution in [0.1, 0.15) is 156 Å². The Hall–Kier alpha value is -2.84. The van der Waals surface area contributed by atoms with Crippen LogP contribution in [0.4, 0.5) is 5.69 Å². The zero-order valence-electron chi connectivity index (χ0n) is 25.9. The summed E-state index contributed by atoms with van der Waals surface area (Å²) in [7, 11) is 0. The van der Waals surface area contributed by atoms with E-state index in [0.29, 0.717) is 11.8 Å². The Labute approximate surface area is 234 Å². The van der Waals surface area contributed by atoms with E-state index in [9.17, 15) is 0 Å². The van der Waals surface area contributed by atoms with Crippen molar-refractivity contribution in [2.24, 2.45) is 15.5 Å². The fourth-order valence-electron chi connectivity index (χ4n) is 5.43. The van der Waals surface area contributed by atoms with E-state index in [1.165, 1.54) is 19.3 Å². The minimum Gasteiger partial charge on any atom is -0.292 e. The normalized spacial score (nSPS) is 16.8. The minimum atomic E-state index is -0.220. The number of aliphatic imine (C=N–C) groups is 1. The summed E-state index contributed by atoms with van der Waals surface area (Å²) in [5.41, 5.74) is 3.92. The van der Waals surface area contributed by atoms with E-state index in [0.717, 1.165) is 78.0 Å². The smallest absolute Gasteiger partial charge is 0.205 e. The molecule has 1 N–H and O–H groups in total. The topological polar surface area (TPSA) is 101 Å². The summed E-state index contributed by atoms with van der Waals surface area (Å²) in [6.45, 7) is 22.1. The van der Waals surface area contributed by atoms with Gasteiger partial charge in [-0.1, -0.05) is 94.9 Å². The van der Waals surface area contributed by atoms with E-state index >= 15 is 0 Å². The van der Waals surface area contributed by atoms with Crippen LogP contribution in [0.3, 0.4) is 0 Å². The molecule has 1 aliphatic rings. The highest BCUT2D eigenvalue weighted by molar-refractivity contribution is 6.50. The molecule has 9 heteroatoms. The predicted molar refractivity (Wildman–Crippen MR) is 160 cm³/mol. The molecular formula is C30H49N9. The molecule has 39 heavy (non-hydrogen) atoms. The fourth-order valence-corrected chi connectivity index (χ4v) is 5.43. The average molecular weight is 536 g/mol. The standard InChI is InChI=1S/C30H49N9/c1-11-15-17-19(13-3)25-32-34-27-21(23(29(5,6)7)36-38(25)27)31-22-24(30(8,9)10)37-39-26(33-35-28(22)39)20(14-4)18-16-12-2/h19-20,36H,11-18H2,1-10H3. The molecular weight excluding hydrogens is 486 g/mol. The minimum absolute atomic E-state index is 0.174. The average Bonchev–Trinajstić information content (AvgIpc) is 3.62. The van der Waals surface area contributed by atoms with Crippen LogP contribution in [0.5, 0.6) is 0 Å². The van der Waals surface area contributed by atoms with Gasteiger partial charge in [-0.2, -0.15) is 9.78 Å². The van der Waals surface area contributed by atoms with Crippen molar-refractivity contribution in [1.29, 1.82) is 0 Å². The maximum Gasteiger partial charge on any atom is 0.205 e. The Balaban J connectivity index is 1.90. The second-order valence-electron chi connectivity index (χ2n) is 13.2. The molecule has 0 amide bonds. The van der Waals surface area contributed by atoms with Gasteiger partial charge >= 0.3 is 0 Å². The quantitative estimate of drug-likeness (QED) is 0.272. The number of nitrogens with zero attached hydrogens (tertiary/aromatic N) is 8.